The van der Waals surface area contributed by atoms with Gasteiger partial charge >= 0.3 is 0 Å². The first-order valence-corrected chi connectivity index (χ1v) is 10.0. The lowest BCUT2D eigenvalue weighted by Crippen LogP contribution is -2.23. The van der Waals surface area contributed by atoms with E-state index in [0.29, 0.717) is 27.6 Å². The topological polar surface area (TPSA) is 85.8 Å². The first-order chi connectivity index (χ1) is 14.1. The number of halogens is 1. The molecule has 0 saturated carbocycles. The van der Waals surface area contributed by atoms with E-state index < -0.39 is 5.25 Å². The number of carbonyl (C=O) groups excluding carboxylic acids is 1. The summed E-state index contributed by atoms with van der Waals surface area (Å²) in [6, 6.07) is 16.6. The Hall–Kier alpha value is -3.10. The second-order valence-electron chi connectivity index (χ2n) is 6.07. The van der Waals surface area contributed by atoms with Crippen molar-refractivity contribution in [3.05, 3.63) is 72.1 Å². The number of carbonyl (C=O) groups is 1. The third-order valence-corrected chi connectivity index (χ3v) is 5.29. The van der Waals surface area contributed by atoms with Gasteiger partial charge in [0.25, 0.3) is 0 Å². The summed E-state index contributed by atoms with van der Waals surface area (Å²) in [5, 5.41) is 12.0. The largest absolute Gasteiger partial charge is 0.461 e. The fourth-order valence-corrected chi connectivity index (χ4v) is 3.59. The van der Waals surface area contributed by atoms with E-state index in [1.807, 2.05) is 41.0 Å². The smallest absolute Gasteiger partial charge is 0.238 e. The van der Waals surface area contributed by atoms with Gasteiger partial charge < -0.3 is 9.73 Å². The minimum atomic E-state index is -0.441. The number of amides is 1. The van der Waals surface area contributed by atoms with Crippen LogP contribution in [0, 0.1) is 0 Å². The molecule has 1 aromatic carbocycles. The minimum Gasteiger partial charge on any atom is -0.461 e. The van der Waals surface area contributed by atoms with Gasteiger partial charge in [-0.25, -0.2) is 4.98 Å². The molecule has 1 atom stereocenters. The van der Waals surface area contributed by atoms with Gasteiger partial charge in [-0.3, -0.25) is 9.36 Å². The molecule has 1 amide bonds. The van der Waals surface area contributed by atoms with Crippen LogP contribution in [0.4, 0.5) is 5.82 Å². The van der Waals surface area contributed by atoms with E-state index >= 15 is 0 Å². The third kappa shape index (κ3) is 4.33. The summed E-state index contributed by atoms with van der Waals surface area (Å²) >= 11 is 7.13. The molecule has 3 heterocycles. The number of nitrogens with zero attached hydrogens (tertiary/aromatic N) is 4. The van der Waals surface area contributed by atoms with Crippen LogP contribution in [0.3, 0.4) is 0 Å². The van der Waals surface area contributed by atoms with Crippen LogP contribution in [-0.2, 0) is 4.79 Å². The Labute approximate surface area is 176 Å². The Balaban J connectivity index is 1.59. The van der Waals surface area contributed by atoms with E-state index in [0.717, 1.165) is 5.69 Å². The summed E-state index contributed by atoms with van der Waals surface area (Å²) in [4.78, 5) is 16.7. The Morgan fingerprint density at radius 3 is 2.66 bits per heavy atom. The van der Waals surface area contributed by atoms with Gasteiger partial charge in [-0.05, 0) is 43.3 Å². The maximum absolute atomic E-state index is 12.6. The first-order valence-electron chi connectivity index (χ1n) is 8.75. The van der Waals surface area contributed by atoms with Crippen LogP contribution in [0.25, 0.3) is 17.3 Å². The van der Waals surface area contributed by atoms with Gasteiger partial charge in [-0.15, -0.1) is 10.2 Å². The minimum absolute atomic E-state index is 0.202. The number of furan rings is 1. The highest BCUT2D eigenvalue weighted by atomic mass is 35.5. The maximum atomic E-state index is 12.6. The van der Waals surface area contributed by atoms with Crippen LogP contribution in [0.2, 0.25) is 5.02 Å². The number of hydrogen-bond acceptors (Lipinski definition) is 6. The Morgan fingerprint density at radius 2 is 1.97 bits per heavy atom. The molecule has 9 heteroatoms. The molecule has 0 saturated heterocycles. The van der Waals surface area contributed by atoms with Crippen LogP contribution < -0.4 is 5.32 Å². The molecule has 4 aromatic rings. The Morgan fingerprint density at radius 1 is 1.14 bits per heavy atom. The van der Waals surface area contributed by atoms with E-state index in [-0.39, 0.29) is 5.91 Å². The predicted molar refractivity (Wildman–Crippen MR) is 112 cm³/mol. The van der Waals surface area contributed by atoms with Gasteiger partial charge in [0.05, 0.1) is 16.5 Å². The molecule has 0 spiro atoms. The van der Waals surface area contributed by atoms with Crippen molar-refractivity contribution in [2.24, 2.45) is 0 Å². The van der Waals surface area contributed by atoms with Crippen LogP contribution in [-0.4, -0.2) is 30.9 Å². The van der Waals surface area contributed by atoms with Crippen molar-refractivity contribution >= 4 is 35.1 Å². The number of benzene rings is 1. The van der Waals surface area contributed by atoms with Crippen LogP contribution in [0.1, 0.15) is 6.92 Å². The predicted octanol–water partition coefficient (Wildman–Crippen LogP) is 4.70. The summed E-state index contributed by atoms with van der Waals surface area (Å²) in [7, 11) is 0. The molecule has 0 bridgehead atoms. The average molecular weight is 426 g/mol. The average Bonchev–Trinajstić information content (AvgIpc) is 3.40. The van der Waals surface area contributed by atoms with Crippen LogP contribution in [0.15, 0.2) is 76.6 Å². The van der Waals surface area contributed by atoms with Gasteiger partial charge in [0.15, 0.2) is 10.9 Å². The summed E-state index contributed by atoms with van der Waals surface area (Å²) in [6.45, 7) is 1.80. The standard InChI is InChI=1S/C20H16ClN5O2S/c1-13(19(27)23-17-10-9-14(21)12-22-17)29-20-25-24-18(16-8-5-11-28-16)26(20)15-6-3-2-4-7-15/h2-13H,1H3,(H,22,23,27). The lowest BCUT2D eigenvalue weighted by Gasteiger charge is -2.13. The molecule has 4 rings (SSSR count). The first kappa shape index (κ1) is 19.2. The van der Waals surface area contributed by atoms with E-state index in [2.05, 4.69) is 20.5 Å². The number of hydrogen-bond donors (Lipinski definition) is 1. The summed E-state index contributed by atoms with van der Waals surface area (Å²) in [5.74, 6) is 1.39. The van der Waals surface area contributed by atoms with E-state index in [4.69, 9.17) is 16.0 Å². The summed E-state index contributed by atoms with van der Waals surface area (Å²) < 4.78 is 7.37. The van der Waals surface area contributed by atoms with Gasteiger partial charge in [0.2, 0.25) is 11.7 Å². The van der Waals surface area contributed by atoms with E-state index in [1.54, 1.807) is 31.4 Å². The van der Waals surface area contributed by atoms with Crippen molar-refractivity contribution in [2.75, 3.05) is 5.32 Å². The molecule has 146 valence electrons. The van der Waals surface area contributed by atoms with Crippen molar-refractivity contribution in [2.45, 2.75) is 17.3 Å². The SMILES string of the molecule is CC(Sc1nnc(-c2ccco2)n1-c1ccccc1)C(=O)Nc1ccc(Cl)cn1. The molecule has 7 nitrogen and oxygen atoms in total. The molecule has 0 radical (unpaired) electrons. The highest BCUT2D eigenvalue weighted by Crippen LogP contribution is 2.30. The molecule has 3 aromatic heterocycles. The second kappa shape index (κ2) is 8.50. The van der Waals surface area contributed by atoms with Crippen molar-refractivity contribution in [3.8, 4) is 17.3 Å². The molecule has 1 N–H and O–H groups in total. The van der Waals surface area contributed by atoms with Gasteiger partial charge in [-0.2, -0.15) is 0 Å². The van der Waals surface area contributed by atoms with Gasteiger partial charge in [0.1, 0.15) is 5.82 Å². The van der Waals surface area contributed by atoms with Crippen molar-refractivity contribution in [1.82, 2.24) is 19.7 Å². The number of para-hydroxylation sites is 1. The highest BCUT2D eigenvalue weighted by molar-refractivity contribution is 8.00. The monoisotopic (exact) mass is 425 g/mol. The fourth-order valence-electron chi connectivity index (χ4n) is 2.61. The number of rotatable bonds is 6. The highest BCUT2D eigenvalue weighted by Gasteiger charge is 2.23. The fraction of sp³-hybridized carbons (Fsp3) is 0.100. The number of thioether (sulfide) groups is 1. The normalized spacial score (nSPS) is 11.9. The number of nitrogens with one attached hydrogen (secondary N) is 1. The van der Waals surface area contributed by atoms with Gasteiger partial charge in [0, 0.05) is 11.9 Å². The second-order valence-corrected chi connectivity index (χ2v) is 7.81. The summed E-state index contributed by atoms with van der Waals surface area (Å²) in [6.07, 6.45) is 3.07. The zero-order valence-corrected chi connectivity index (χ0v) is 16.9. The quantitative estimate of drug-likeness (QED) is 0.451. The lowest BCUT2D eigenvalue weighted by atomic mass is 10.3. The Bertz CT molecular complexity index is 1100. The summed E-state index contributed by atoms with van der Waals surface area (Å²) in [5.41, 5.74) is 0.873. The molecule has 0 aliphatic rings. The van der Waals surface area contributed by atoms with Crippen LogP contribution >= 0.6 is 23.4 Å². The maximum Gasteiger partial charge on any atom is 0.238 e. The molecular weight excluding hydrogens is 410 g/mol. The van der Waals surface area contributed by atoms with E-state index in [9.17, 15) is 4.79 Å². The van der Waals surface area contributed by atoms with Crippen molar-refractivity contribution in [3.63, 3.8) is 0 Å². The number of anilines is 1. The Kier molecular flexibility index (Phi) is 5.64. The lowest BCUT2D eigenvalue weighted by molar-refractivity contribution is -0.115. The molecule has 0 aliphatic heterocycles. The van der Waals surface area contributed by atoms with E-state index in [1.165, 1.54) is 18.0 Å². The zero-order chi connectivity index (χ0) is 20.2. The third-order valence-electron chi connectivity index (χ3n) is 4.02. The van der Waals surface area contributed by atoms with Crippen molar-refractivity contribution in [1.29, 1.82) is 0 Å². The number of aromatic nitrogens is 4. The molecule has 29 heavy (non-hydrogen) atoms. The van der Waals surface area contributed by atoms with Crippen molar-refractivity contribution < 1.29 is 9.21 Å². The number of pyridine rings is 1. The zero-order valence-electron chi connectivity index (χ0n) is 15.3. The molecule has 1 unspecified atom stereocenters. The van der Waals surface area contributed by atoms with Gasteiger partial charge in [-0.1, -0.05) is 41.6 Å². The molecule has 0 fully saturated rings. The molecular formula is C20H16ClN5O2S. The van der Waals surface area contributed by atoms with Crippen LogP contribution in [0.5, 0.6) is 0 Å². The molecule has 0 aliphatic carbocycles.